The van der Waals surface area contributed by atoms with Gasteiger partial charge in [0.1, 0.15) is 12.3 Å². The van der Waals surface area contributed by atoms with E-state index in [0.29, 0.717) is 0 Å². The molecule has 2 nitrogen and oxygen atoms in total. The van der Waals surface area contributed by atoms with E-state index in [-0.39, 0.29) is 0 Å². The van der Waals surface area contributed by atoms with E-state index in [1.54, 1.807) is 0 Å². The number of ether oxygens (including phenoxy) is 1. The van der Waals surface area contributed by atoms with Crippen LogP contribution in [0.1, 0.15) is 37.7 Å². The predicted molar refractivity (Wildman–Crippen MR) is 91.8 cm³/mol. The van der Waals surface area contributed by atoms with Crippen LogP contribution in [0.3, 0.4) is 0 Å². The molecular weight excluding hydrogens is 274 g/mol. The van der Waals surface area contributed by atoms with Crippen LogP contribution >= 0.6 is 0 Å². The molecule has 0 radical (unpaired) electrons. The van der Waals surface area contributed by atoms with Crippen LogP contribution in [0.2, 0.25) is 19.6 Å². The van der Waals surface area contributed by atoms with Gasteiger partial charge in [-0.2, -0.15) is 0 Å². The molecule has 0 N–H and O–H groups in total. The van der Waals surface area contributed by atoms with Gasteiger partial charge in [0.05, 0.1) is 13.6 Å². The average Bonchev–Trinajstić information content (AvgIpc) is 2.46. The van der Waals surface area contributed by atoms with Gasteiger partial charge in [0.15, 0.2) is 6.21 Å². The number of benzene rings is 1. The molecule has 1 saturated carbocycles. The maximum Gasteiger partial charge on any atom is 0.287 e. The van der Waals surface area contributed by atoms with E-state index >= 15 is 0 Å². The van der Waals surface area contributed by atoms with Gasteiger partial charge in [0.25, 0.3) is 6.73 Å². The van der Waals surface area contributed by atoms with Crippen molar-refractivity contribution in [2.75, 3.05) is 13.3 Å². The minimum Gasteiger partial charge on any atom is -0.436 e. The summed E-state index contributed by atoms with van der Waals surface area (Å²) in [5.74, 6) is 2.01. The predicted octanol–water partition coefficient (Wildman–Crippen LogP) is 3.59. The first-order valence-corrected chi connectivity index (χ1v) is 11.9. The lowest BCUT2D eigenvalue weighted by Gasteiger charge is -2.25. The molecule has 114 valence electrons. The summed E-state index contributed by atoms with van der Waals surface area (Å²) >= 11 is 0. The third-order valence-corrected chi connectivity index (χ3v) is 6.78. The Labute approximate surface area is 129 Å². The average molecular weight is 303 g/mol. The van der Waals surface area contributed by atoms with Crippen molar-refractivity contribution >= 4 is 19.5 Å². The van der Waals surface area contributed by atoms with Crippen molar-refractivity contribution < 1.29 is 9.31 Å². The first-order valence-electron chi connectivity index (χ1n) is 8.39. The van der Waals surface area contributed by atoms with Gasteiger partial charge in [-0.05, 0) is 24.1 Å². The van der Waals surface area contributed by atoms with E-state index in [1.807, 2.05) is 0 Å². The molecule has 3 rings (SSSR count). The molecule has 0 amide bonds. The Morgan fingerprint density at radius 1 is 1.14 bits per heavy atom. The zero-order valence-electron chi connectivity index (χ0n) is 13.7. The number of rotatable bonds is 3. The normalized spacial score (nSPS) is 19.7. The maximum atomic E-state index is 6.16. The molecule has 1 aliphatic heterocycles. The van der Waals surface area contributed by atoms with Crippen LogP contribution in [0.15, 0.2) is 18.2 Å². The molecule has 1 aliphatic carbocycles. The van der Waals surface area contributed by atoms with Crippen LogP contribution in [-0.4, -0.2) is 32.1 Å². The van der Waals surface area contributed by atoms with Gasteiger partial charge in [0, 0.05) is 5.92 Å². The number of fused-ring (bicyclic) bond motifs is 1. The Kier molecular flexibility index (Phi) is 4.20. The largest absolute Gasteiger partial charge is 0.436 e. The molecule has 21 heavy (non-hydrogen) atoms. The molecule has 0 atom stereocenters. The number of para-hydroxylation sites is 1. The molecule has 0 saturated heterocycles. The van der Waals surface area contributed by atoms with Crippen molar-refractivity contribution in [3.63, 3.8) is 0 Å². The SMILES string of the molecule is C[Si](C)(C)c1cccc2c1OC[N+](CC1CCCCC1)=C2. The van der Waals surface area contributed by atoms with E-state index in [4.69, 9.17) is 4.74 Å². The first kappa shape index (κ1) is 14.8. The second-order valence-electron chi connectivity index (χ2n) is 7.65. The molecule has 0 spiro atoms. The number of hydrogen-bond acceptors (Lipinski definition) is 1. The monoisotopic (exact) mass is 302 g/mol. The topological polar surface area (TPSA) is 12.2 Å². The molecule has 0 aromatic heterocycles. The van der Waals surface area contributed by atoms with E-state index in [2.05, 4.69) is 48.6 Å². The van der Waals surface area contributed by atoms with Gasteiger partial charge >= 0.3 is 0 Å². The van der Waals surface area contributed by atoms with Gasteiger partial charge in [-0.25, -0.2) is 4.58 Å². The second kappa shape index (κ2) is 5.96. The summed E-state index contributed by atoms with van der Waals surface area (Å²) in [7, 11) is -1.34. The first-order chi connectivity index (χ1) is 10.0. The van der Waals surface area contributed by atoms with Crippen molar-refractivity contribution in [1.82, 2.24) is 0 Å². The quantitative estimate of drug-likeness (QED) is 0.614. The van der Waals surface area contributed by atoms with Crippen molar-refractivity contribution in [1.29, 1.82) is 0 Å². The second-order valence-corrected chi connectivity index (χ2v) is 12.7. The van der Waals surface area contributed by atoms with Crippen molar-refractivity contribution in [3.05, 3.63) is 23.8 Å². The fourth-order valence-electron chi connectivity index (χ4n) is 3.60. The van der Waals surface area contributed by atoms with Gasteiger partial charge in [-0.15, -0.1) is 0 Å². The summed E-state index contributed by atoms with van der Waals surface area (Å²) in [6.07, 6.45) is 9.37. The smallest absolute Gasteiger partial charge is 0.287 e. The fourth-order valence-corrected chi connectivity index (χ4v) is 5.09. The van der Waals surface area contributed by atoms with Gasteiger partial charge in [-0.1, -0.05) is 51.0 Å². The highest BCUT2D eigenvalue weighted by molar-refractivity contribution is 6.89. The molecule has 0 unspecified atom stereocenters. The molecular formula is C18H28NOSi+. The lowest BCUT2D eigenvalue weighted by Crippen LogP contribution is -2.41. The molecule has 1 aromatic carbocycles. The van der Waals surface area contributed by atoms with Crippen LogP contribution in [0.25, 0.3) is 0 Å². The Bertz CT molecular complexity index is 539. The van der Waals surface area contributed by atoms with Gasteiger partial charge in [-0.3, -0.25) is 0 Å². The van der Waals surface area contributed by atoms with Crippen molar-refractivity contribution in [2.24, 2.45) is 5.92 Å². The lowest BCUT2D eigenvalue weighted by atomic mass is 9.89. The highest BCUT2D eigenvalue weighted by Crippen LogP contribution is 2.25. The summed E-state index contributed by atoms with van der Waals surface area (Å²) in [6.45, 7) is 9.06. The number of hydrogen-bond donors (Lipinski definition) is 0. The van der Waals surface area contributed by atoms with E-state index in [1.165, 1.54) is 42.9 Å². The Balaban J connectivity index is 1.81. The highest BCUT2D eigenvalue weighted by Gasteiger charge is 2.28. The molecule has 0 bridgehead atoms. The summed E-state index contributed by atoms with van der Waals surface area (Å²) < 4.78 is 8.55. The molecule has 1 heterocycles. The maximum absolute atomic E-state index is 6.16. The number of nitrogens with zero attached hydrogens (tertiary/aromatic N) is 1. The molecule has 3 heteroatoms. The third kappa shape index (κ3) is 3.39. The Hall–Kier alpha value is -1.09. The van der Waals surface area contributed by atoms with Crippen LogP contribution in [0.5, 0.6) is 5.75 Å². The summed E-state index contributed by atoms with van der Waals surface area (Å²) in [4.78, 5) is 0. The fraction of sp³-hybridized carbons (Fsp3) is 0.611. The lowest BCUT2D eigenvalue weighted by molar-refractivity contribution is -0.563. The van der Waals surface area contributed by atoms with Crippen LogP contribution in [0.4, 0.5) is 0 Å². The molecule has 2 aliphatic rings. The van der Waals surface area contributed by atoms with E-state index < -0.39 is 8.07 Å². The van der Waals surface area contributed by atoms with E-state index in [9.17, 15) is 0 Å². The summed E-state index contributed by atoms with van der Waals surface area (Å²) in [5, 5.41) is 1.45. The van der Waals surface area contributed by atoms with Gasteiger partial charge in [0.2, 0.25) is 0 Å². The van der Waals surface area contributed by atoms with Crippen LogP contribution < -0.4 is 9.92 Å². The van der Waals surface area contributed by atoms with E-state index in [0.717, 1.165) is 24.9 Å². The van der Waals surface area contributed by atoms with Gasteiger partial charge < -0.3 is 4.74 Å². The molecule has 1 fully saturated rings. The van der Waals surface area contributed by atoms with Crippen LogP contribution in [0, 0.1) is 5.92 Å². The van der Waals surface area contributed by atoms with Crippen molar-refractivity contribution in [2.45, 2.75) is 51.7 Å². The minimum atomic E-state index is -1.34. The highest BCUT2D eigenvalue weighted by atomic mass is 28.3. The zero-order valence-corrected chi connectivity index (χ0v) is 14.7. The summed E-state index contributed by atoms with van der Waals surface area (Å²) in [6, 6.07) is 6.65. The standard InChI is InChI=1S/C18H28NOSi/c1-21(2,3)17-11-7-10-16-13-19(14-20-18(16)17)12-15-8-5-4-6-9-15/h7,10-11,13,15H,4-6,8-9,12,14H2,1-3H3/q+1. The third-order valence-electron chi connectivity index (χ3n) is 4.77. The van der Waals surface area contributed by atoms with Crippen LogP contribution in [-0.2, 0) is 0 Å². The Morgan fingerprint density at radius 2 is 1.90 bits per heavy atom. The minimum absolute atomic E-state index is 0.727. The Morgan fingerprint density at radius 3 is 2.62 bits per heavy atom. The van der Waals surface area contributed by atoms with Crippen molar-refractivity contribution in [3.8, 4) is 5.75 Å². The zero-order chi connectivity index (χ0) is 14.9. The molecule has 1 aromatic rings. The summed E-state index contributed by atoms with van der Waals surface area (Å²) in [5.41, 5.74) is 1.27.